The quantitative estimate of drug-likeness (QED) is 0.441. The summed E-state index contributed by atoms with van der Waals surface area (Å²) < 4.78 is 0. The molecular formula is C7H15NO2. The van der Waals surface area contributed by atoms with Crippen LogP contribution in [-0.2, 0) is 4.79 Å². The SMILES string of the molecule is CC(C)CC[C@](N)(O)C=O. The number of hydrogen-bond donors (Lipinski definition) is 2. The van der Waals surface area contributed by atoms with Gasteiger partial charge in [0.15, 0.2) is 12.0 Å². The van der Waals surface area contributed by atoms with Crippen LogP contribution in [0.3, 0.4) is 0 Å². The van der Waals surface area contributed by atoms with Crippen LogP contribution in [0.1, 0.15) is 26.7 Å². The highest BCUT2D eigenvalue weighted by molar-refractivity contribution is 5.60. The molecule has 1 atom stereocenters. The van der Waals surface area contributed by atoms with E-state index in [1.165, 1.54) is 0 Å². The average Bonchev–Trinajstić information content (AvgIpc) is 1.85. The van der Waals surface area contributed by atoms with Gasteiger partial charge >= 0.3 is 0 Å². The van der Waals surface area contributed by atoms with E-state index in [1.807, 2.05) is 13.8 Å². The third-order valence-corrected chi connectivity index (χ3v) is 1.33. The fourth-order valence-corrected chi connectivity index (χ4v) is 0.579. The first kappa shape index (κ1) is 9.59. The second-order valence-corrected chi connectivity index (χ2v) is 3.04. The van der Waals surface area contributed by atoms with Crippen LogP contribution in [0.5, 0.6) is 0 Å². The summed E-state index contributed by atoms with van der Waals surface area (Å²) in [7, 11) is 0. The van der Waals surface area contributed by atoms with Crippen molar-refractivity contribution in [2.75, 3.05) is 0 Å². The van der Waals surface area contributed by atoms with E-state index in [0.717, 1.165) is 6.42 Å². The van der Waals surface area contributed by atoms with E-state index in [1.54, 1.807) is 0 Å². The van der Waals surface area contributed by atoms with Crippen molar-refractivity contribution in [3.8, 4) is 0 Å². The number of hydrogen-bond acceptors (Lipinski definition) is 3. The molecule has 0 rings (SSSR count). The van der Waals surface area contributed by atoms with Crippen molar-refractivity contribution < 1.29 is 9.90 Å². The van der Waals surface area contributed by atoms with E-state index in [4.69, 9.17) is 10.8 Å². The largest absolute Gasteiger partial charge is 0.369 e. The molecule has 0 amide bonds. The molecule has 0 radical (unpaired) electrons. The molecule has 0 aromatic carbocycles. The zero-order valence-electron chi connectivity index (χ0n) is 6.50. The Labute approximate surface area is 61.2 Å². The van der Waals surface area contributed by atoms with E-state index >= 15 is 0 Å². The van der Waals surface area contributed by atoms with Crippen LogP contribution in [-0.4, -0.2) is 17.1 Å². The Balaban J connectivity index is 3.56. The summed E-state index contributed by atoms with van der Waals surface area (Å²) in [6, 6.07) is 0. The monoisotopic (exact) mass is 145 g/mol. The van der Waals surface area contributed by atoms with E-state index in [0.29, 0.717) is 18.6 Å². The molecule has 0 fully saturated rings. The molecule has 0 aromatic heterocycles. The van der Waals surface area contributed by atoms with Gasteiger partial charge in [-0.15, -0.1) is 0 Å². The number of rotatable bonds is 4. The highest BCUT2D eigenvalue weighted by Crippen LogP contribution is 2.09. The lowest BCUT2D eigenvalue weighted by Crippen LogP contribution is -2.41. The van der Waals surface area contributed by atoms with Crippen LogP contribution in [0.25, 0.3) is 0 Å². The maximum absolute atomic E-state index is 10.1. The number of carbonyl (C=O) groups is 1. The molecule has 0 aliphatic heterocycles. The zero-order chi connectivity index (χ0) is 8.20. The van der Waals surface area contributed by atoms with Crippen LogP contribution >= 0.6 is 0 Å². The molecule has 0 heterocycles. The molecule has 0 spiro atoms. The predicted molar refractivity (Wildman–Crippen MR) is 39.3 cm³/mol. The van der Waals surface area contributed by atoms with E-state index < -0.39 is 5.72 Å². The van der Waals surface area contributed by atoms with Gasteiger partial charge in [0.1, 0.15) is 0 Å². The lowest BCUT2D eigenvalue weighted by atomic mass is 10.0. The van der Waals surface area contributed by atoms with Gasteiger partial charge in [0.05, 0.1) is 0 Å². The maximum atomic E-state index is 10.1. The van der Waals surface area contributed by atoms with Crippen LogP contribution in [0.2, 0.25) is 0 Å². The average molecular weight is 145 g/mol. The van der Waals surface area contributed by atoms with Crippen LogP contribution in [0.15, 0.2) is 0 Å². The van der Waals surface area contributed by atoms with Crippen molar-refractivity contribution in [1.82, 2.24) is 0 Å². The Morgan fingerprint density at radius 3 is 2.50 bits per heavy atom. The molecular weight excluding hydrogens is 130 g/mol. The van der Waals surface area contributed by atoms with E-state index in [9.17, 15) is 4.79 Å². The van der Waals surface area contributed by atoms with Crippen LogP contribution in [0, 0.1) is 5.92 Å². The summed E-state index contributed by atoms with van der Waals surface area (Å²) in [5.41, 5.74) is 3.54. The minimum Gasteiger partial charge on any atom is -0.369 e. The van der Waals surface area contributed by atoms with Gasteiger partial charge in [0, 0.05) is 0 Å². The fraction of sp³-hybridized carbons (Fsp3) is 0.857. The summed E-state index contributed by atoms with van der Waals surface area (Å²) in [6.07, 6.45) is 1.50. The number of carbonyl (C=O) groups excluding carboxylic acids is 1. The topological polar surface area (TPSA) is 63.3 Å². The molecule has 0 unspecified atom stereocenters. The number of nitrogens with two attached hydrogens (primary N) is 1. The van der Waals surface area contributed by atoms with Gasteiger partial charge in [-0.2, -0.15) is 0 Å². The van der Waals surface area contributed by atoms with Gasteiger partial charge in [-0.25, -0.2) is 0 Å². The minimum absolute atomic E-state index is 0.341. The molecule has 3 N–H and O–H groups in total. The summed E-state index contributed by atoms with van der Waals surface area (Å²) in [5.74, 6) is 0.468. The van der Waals surface area contributed by atoms with Crippen molar-refractivity contribution in [3.05, 3.63) is 0 Å². The predicted octanol–water partition coefficient (Wildman–Crippen LogP) is 0.269. The van der Waals surface area contributed by atoms with Gasteiger partial charge < -0.3 is 5.11 Å². The minimum atomic E-state index is -1.61. The molecule has 3 nitrogen and oxygen atoms in total. The number of aliphatic hydroxyl groups is 1. The molecule has 0 saturated carbocycles. The van der Waals surface area contributed by atoms with Crippen LogP contribution < -0.4 is 5.73 Å². The smallest absolute Gasteiger partial charge is 0.170 e. The van der Waals surface area contributed by atoms with Crippen molar-refractivity contribution in [2.45, 2.75) is 32.4 Å². The molecule has 0 aliphatic carbocycles. The van der Waals surface area contributed by atoms with E-state index in [2.05, 4.69) is 0 Å². The zero-order valence-corrected chi connectivity index (χ0v) is 6.50. The number of aldehydes is 1. The molecule has 0 bridgehead atoms. The van der Waals surface area contributed by atoms with Gasteiger partial charge in [-0.1, -0.05) is 13.8 Å². The van der Waals surface area contributed by atoms with Crippen molar-refractivity contribution in [2.24, 2.45) is 11.7 Å². The molecule has 10 heavy (non-hydrogen) atoms. The normalized spacial score (nSPS) is 16.9. The van der Waals surface area contributed by atoms with E-state index in [-0.39, 0.29) is 0 Å². The highest BCUT2D eigenvalue weighted by atomic mass is 16.3. The van der Waals surface area contributed by atoms with Crippen LogP contribution in [0.4, 0.5) is 0 Å². The first-order valence-electron chi connectivity index (χ1n) is 3.45. The van der Waals surface area contributed by atoms with Crippen molar-refractivity contribution >= 4 is 6.29 Å². The fourth-order valence-electron chi connectivity index (χ4n) is 0.579. The Bertz CT molecular complexity index is 110. The molecule has 0 saturated heterocycles. The molecule has 0 aliphatic rings. The van der Waals surface area contributed by atoms with Gasteiger partial charge in [0.2, 0.25) is 0 Å². The van der Waals surface area contributed by atoms with Gasteiger partial charge in [-0.05, 0) is 18.8 Å². The molecule has 60 valence electrons. The first-order chi connectivity index (χ1) is 4.48. The second kappa shape index (κ2) is 3.68. The van der Waals surface area contributed by atoms with Gasteiger partial charge in [0.25, 0.3) is 0 Å². The Kier molecular flexibility index (Phi) is 3.53. The maximum Gasteiger partial charge on any atom is 0.170 e. The van der Waals surface area contributed by atoms with Gasteiger partial charge in [-0.3, -0.25) is 10.5 Å². The second-order valence-electron chi connectivity index (χ2n) is 3.04. The first-order valence-corrected chi connectivity index (χ1v) is 3.45. The summed E-state index contributed by atoms with van der Waals surface area (Å²) in [6.45, 7) is 4.03. The molecule has 0 aromatic rings. The standard InChI is InChI=1S/C7H15NO2/c1-6(2)3-4-7(8,10)5-9/h5-6,10H,3-4,8H2,1-2H3/t7-/m0/s1. The summed E-state index contributed by atoms with van der Waals surface area (Å²) >= 11 is 0. The lowest BCUT2D eigenvalue weighted by molar-refractivity contribution is -0.124. The third-order valence-electron chi connectivity index (χ3n) is 1.33. The highest BCUT2D eigenvalue weighted by Gasteiger charge is 2.18. The van der Waals surface area contributed by atoms with Crippen molar-refractivity contribution in [3.63, 3.8) is 0 Å². The molecule has 3 heteroatoms. The Morgan fingerprint density at radius 1 is 1.70 bits per heavy atom. The lowest BCUT2D eigenvalue weighted by Gasteiger charge is -2.16. The summed E-state index contributed by atoms with van der Waals surface area (Å²) in [4.78, 5) is 10.1. The Morgan fingerprint density at radius 2 is 2.20 bits per heavy atom. The van der Waals surface area contributed by atoms with Crippen molar-refractivity contribution in [1.29, 1.82) is 0 Å². The Hall–Kier alpha value is -0.410. The third kappa shape index (κ3) is 4.47. The summed E-state index contributed by atoms with van der Waals surface area (Å²) in [5, 5.41) is 8.98.